The van der Waals surface area contributed by atoms with Gasteiger partial charge in [0.1, 0.15) is 5.75 Å². The van der Waals surface area contributed by atoms with Crippen molar-refractivity contribution in [2.75, 3.05) is 13.2 Å². The van der Waals surface area contributed by atoms with E-state index >= 15 is 0 Å². The Morgan fingerprint density at radius 2 is 2.03 bits per heavy atom. The van der Waals surface area contributed by atoms with Gasteiger partial charge in [0.25, 0.3) is 5.91 Å². The summed E-state index contributed by atoms with van der Waals surface area (Å²) in [6.07, 6.45) is 5.83. The van der Waals surface area contributed by atoms with Gasteiger partial charge in [-0.15, -0.1) is 0 Å². The number of fused-ring (bicyclic) bond motifs is 1. The quantitative estimate of drug-likeness (QED) is 0.701. The molecule has 0 saturated heterocycles. The molecule has 2 heterocycles. The Morgan fingerprint density at radius 1 is 1.20 bits per heavy atom. The van der Waals surface area contributed by atoms with Crippen molar-refractivity contribution in [2.45, 2.75) is 52.6 Å². The third kappa shape index (κ3) is 5.01. The van der Waals surface area contributed by atoms with Crippen LogP contribution in [0.15, 0.2) is 24.4 Å². The van der Waals surface area contributed by atoms with Gasteiger partial charge in [0.05, 0.1) is 24.1 Å². The molecule has 2 aliphatic rings. The van der Waals surface area contributed by atoms with Gasteiger partial charge >= 0.3 is 0 Å². The van der Waals surface area contributed by atoms with Gasteiger partial charge in [-0.2, -0.15) is 5.10 Å². The summed E-state index contributed by atoms with van der Waals surface area (Å²) < 4.78 is 7.93. The van der Waals surface area contributed by atoms with Crippen LogP contribution in [-0.4, -0.2) is 34.7 Å². The lowest BCUT2D eigenvalue weighted by atomic mass is 9.94. The number of hydrogen-bond donors (Lipinski definition) is 2. The zero-order chi connectivity index (χ0) is 21.1. The minimum Gasteiger partial charge on any atom is -0.493 e. The second-order valence-electron chi connectivity index (χ2n) is 8.57. The van der Waals surface area contributed by atoms with Gasteiger partial charge in [-0.25, -0.2) is 0 Å². The van der Waals surface area contributed by atoms with E-state index in [0.717, 1.165) is 48.6 Å². The number of aryl methyl sites for hydroxylation is 2. The summed E-state index contributed by atoms with van der Waals surface area (Å²) in [4.78, 5) is 24.1. The molecule has 0 spiro atoms. The van der Waals surface area contributed by atoms with Crippen molar-refractivity contribution in [3.63, 3.8) is 0 Å². The third-order valence-corrected chi connectivity index (χ3v) is 5.90. The summed E-state index contributed by atoms with van der Waals surface area (Å²) in [5.41, 5.74) is 3.70. The molecular weight excluding hydrogens is 380 g/mol. The second-order valence-corrected chi connectivity index (χ2v) is 8.57. The van der Waals surface area contributed by atoms with Crippen LogP contribution in [0.3, 0.4) is 0 Å². The molecule has 2 amide bonds. The number of carbonyl (C=O) groups is 2. The number of nitrogens with one attached hydrogen (secondary N) is 2. The largest absolute Gasteiger partial charge is 0.493 e. The van der Waals surface area contributed by atoms with Crippen LogP contribution in [0.4, 0.5) is 0 Å². The standard InChI is InChI=1S/C23H30N4O3/c1-15-3-6-19(22(9-15)30-14-17-4-5-17)12-25-23(29)20-13-26-27-8-7-18(10-21(20)27)11-24-16(2)28/h3,6,9,13,17-18H,4-5,7-8,10-12,14H2,1-2H3,(H,24,28)(H,25,29)/t18-/m0/s1. The van der Waals surface area contributed by atoms with E-state index in [4.69, 9.17) is 4.74 Å². The summed E-state index contributed by atoms with van der Waals surface area (Å²) in [6.45, 7) is 6.13. The Kier molecular flexibility index (Phi) is 6.06. The van der Waals surface area contributed by atoms with Gasteiger partial charge in [0, 0.05) is 32.1 Å². The third-order valence-electron chi connectivity index (χ3n) is 5.90. The molecule has 1 fully saturated rings. The van der Waals surface area contributed by atoms with Gasteiger partial charge < -0.3 is 15.4 Å². The van der Waals surface area contributed by atoms with Crippen LogP contribution < -0.4 is 15.4 Å². The van der Waals surface area contributed by atoms with Crippen LogP contribution in [-0.2, 0) is 24.3 Å². The van der Waals surface area contributed by atoms with Crippen molar-refractivity contribution >= 4 is 11.8 Å². The van der Waals surface area contributed by atoms with Crippen LogP contribution in [0, 0.1) is 18.8 Å². The number of rotatable bonds is 8. The van der Waals surface area contributed by atoms with Gasteiger partial charge in [0.2, 0.25) is 5.91 Å². The maximum Gasteiger partial charge on any atom is 0.255 e. The van der Waals surface area contributed by atoms with E-state index in [1.807, 2.05) is 29.8 Å². The molecule has 2 N–H and O–H groups in total. The molecule has 1 atom stereocenters. The Morgan fingerprint density at radius 3 is 2.80 bits per heavy atom. The molecule has 1 aromatic carbocycles. The average molecular weight is 411 g/mol. The first-order valence-electron chi connectivity index (χ1n) is 10.8. The predicted octanol–water partition coefficient (Wildman–Crippen LogP) is 2.61. The number of amides is 2. The monoisotopic (exact) mass is 410 g/mol. The molecule has 7 nitrogen and oxygen atoms in total. The van der Waals surface area contributed by atoms with Crippen molar-refractivity contribution in [3.8, 4) is 5.75 Å². The fourth-order valence-electron chi connectivity index (χ4n) is 3.86. The summed E-state index contributed by atoms with van der Waals surface area (Å²) in [5, 5.41) is 10.3. The molecule has 4 rings (SSSR count). The van der Waals surface area contributed by atoms with E-state index < -0.39 is 0 Å². The normalized spacial score (nSPS) is 17.9. The molecule has 160 valence electrons. The van der Waals surface area contributed by atoms with Crippen molar-refractivity contribution < 1.29 is 14.3 Å². The molecule has 1 aliphatic carbocycles. The highest BCUT2D eigenvalue weighted by Gasteiger charge is 2.26. The smallest absolute Gasteiger partial charge is 0.255 e. The van der Waals surface area contributed by atoms with Crippen molar-refractivity contribution in [2.24, 2.45) is 11.8 Å². The first-order valence-corrected chi connectivity index (χ1v) is 10.8. The van der Waals surface area contributed by atoms with Gasteiger partial charge in [-0.05, 0) is 56.1 Å². The van der Waals surface area contributed by atoms with E-state index in [1.165, 1.54) is 19.8 Å². The number of aromatic nitrogens is 2. The minimum absolute atomic E-state index is 0.0233. The topological polar surface area (TPSA) is 85.2 Å². The second kappa shape index (κ2) is 8.90. The fraction of sp³-hybridized carbons (Fsp3) is 0.522. The van der Waals surface area contributed by atoms with Crippen LogP contribution >= 0.6 is 0 Å². The van der Waals surface area contributed by atoms with Crippen molar-refractivity contribution in [1.82, 2.24) is 20.4 Å². The number of carbonyl (C=O) groups excluding carboxylic acids is 2. The zero-order valence-corrected chi connectivity index (χ0v) is 17.7. The van der Waals surface area contributed by atoms with Crippen molar-refractivity contribution in [1.29, 1.82) is 0 Å². The summed E-state index contributed by atoms with van der Waals surface area (Å²) in [7, 11) is 0. The predicted molar refractivity (Wildman–Crippen MR) is 113 cm³/mol. The van der Waals surface area contributed by atoms with Crippen LogP contribution in [0.5, 0.6) is 5.75 Å². The van der Waals surface area contributed by atoms with Gasteiger partial charge in [-0.1, -0.05) is 12.1 Å². The SMILES string of the molecule is CC(=O)NC[C@H]1CCn2ncc(C(=O)NCc3ccc(C)cc3OCC3CC3)c2C1. The Bertz CT molecular complexity index is 933. The number of ether oxygens (including phenoxy) is 1. The maximum absolute atomic E-state index is 12.9. The average Bonchev–Trinajstić information content (AvgIpc) is 3.46. The molecule has 1 saturated carbocycles. The molecule has 30 heavy (non-hydrogen) atoms. The Balaban J connectivity index is 1.39. The molecule has 0 bridgehead atoms. The Labute approximate surface area is 177 Å². The molecule has 0 unspecified atom stereocenters. The van der Waals surface area contributed by atoms with E-state index in [1.54, 1.807) is 6.20 Å². The number of nitrogens with zero attached hydrogens (tertiary/aromatic N) is 2. The lowest BCUT2D eigenvalue weighted by molar-refractivity contribution is -0.119. The molecule has 1 aromatic heterocycles. The van der Waals surface area contributed by atoms with Crippen LogP contribution in [0.1, 0.15) is 53.4 Å². The highest BCUT2D eigenvalue weighted by atomic mass is 16.5. The lowest BCUT2D eigenvalue weighted by Crippen LogP contribution is -2.33. The molecule has 7 heteroatoms. The zero-order valence-electron chi connectivity index (χ0n) is 17.7. The summed E-state index contributed by atoms with van der Waals surface area (Å²) in [6, 6.07) is 6.10. The van der Waals surface area contributed by atoms with Gasteiger partial charge in [-0.3, -0.25) is 14.3 Å². The highest BCUT2D eigenvalue weighted by molar-refractivity contribution is 5.95. The van der Waals surface area contributed by atoms with E-state index in [9.17, 15) is 9.59 Å². The molecule has 2 aromatic rings. The number of hydrogen-bond acceptors (Lipinski definition) is 4. The van der Waals surface area contributed by atoms with E-state index in [2.05, 4.69) is 15.7 Å². The first kappa shape index (κ1) is 20.4. The minimum atomic E-state index is -0.120. The molecule has 1 aliphatic heterocycles. The first-order chi connectivity index (χ1) is 14.5. The van der Waals surface area contributed by atoms with Gasteiger partial charge in [0.15, 0.2) is 0 Å². The molecule has 0 radical (unpaired) electrons. The van der Waals surface area contributed by atoms with Crippen molar-refractivity contribution in [3.05, 3.63) is 46.8 Å². The highest BCUT2D eigenvalue weighted by Crippen LogP contribution is 2.31. The lowest BCUT2D eigenvalue weighted by Gasteiger charge is -2.24. The maximum atomic E-state index is 12.9. The van der Waals surface area contributed by atoms with Crippen LogP contribution in [0.2, 0.25) is 0 Å². The van der Waals surface area contributed by atoms with E-state index in [-0.39, 0.29) is 11.8 Å². The van der Waals surface area contributed by atoms with Crippen LogP contribution in [0.25, 0.3) is 0 Å². The Hall–Kier alpha value is -2.83. The summed E-state index contributed by atoms with van der Waals surface area (Å²) >= 11 is 0. The summed E-state index contributed by atoms with van der Waals surface area (Å²) in [5.74, 6) is 1.71. The molecular formula is C23H30N4O3. The van der Waals surface area contributed by atoms with E-state index in [0.29, 0.717) is 30.5 Å². The fourth-order valence-corrected chi connectivity index (χ4v) is 3.86. The number of benzene rings is 1.